The van der Waals surface area contributed by atoms with Gasteiger partial charge in [-0.25, -0.2) is 14.8 Å². The molecule has 0 spiro atoms. The summed E-state index contributed by atoms with van der Waals surface area (Å²) >= 11 is 0. The van der Waals surface area contributed by atoms with Crippen LogP contribution in [0, 0.1) is 10.1 Å². The molecule has 10 heteroatoms. The van der Waals surface area contributed by atoms with E-state index in [0.717, 1.165) is 24.1 Å². The first-order valence-corrected chi connectivity index (χ1v) is 10.4. The van der Waals surface area contributed by atoms with E-state index in [1.165, 1.54) is 22.8 Å². The summed E-state index contributed by atoms with van der Waals surface area (Å²) in [6.45, 7) is 1.71. The molecular formula is C23H23N5O5. The van der Waals surface area contributed by atoms with Crippen molar-refractivity contribution in [3.8, 4) is 17.1 Å². The van der Waals surface area contributed by atoms with Crippen LogP contribution in [0.5, 0.6) is 5.75 Å². The van der Waals surface area contributed by atoms with Crippen molar-refractivity contribution in [2.24, 2.45) is 0 Å². The van der Waals surface area contributed by atoms with Gasteiger partial charge in [0.15, 0.2) is 17.2 Å². The summed E-state index contributed by atoms with van der Waals surface area (Å²) in [5.74, 6) is 0.548. The smallest absolute Gasteiger partial charge is 0.420 e. The minimum absolute atomic E-state index is 0.108. The predicted octanol–water partition coefficient (Wildman–Crippen LogP) is 3.34. The van der Waals surface area contributed by atoms with Crippen molar-refractivity contribution in [1.82, 2.24) is 19.4 Å². The van der Waals surface area contributed by atoms with Crippen molar-refractivity contribution >= 4 is 16.8 Å². The third kappa shape index (κ3) is 5.24. The predicted molar refractivity (Wildman–Crippen MR) is 122 cm³/mol. The van der Waals surface area contributed by atoms with Crippen molar-refractivity contribution in [3.63, 3.8) is 0 Å². The van der Waals surface area contributed by atoms with Crippen molar-refractivity contribution < 1.29 is 14.1 Å². The van der Waals surface area contributed by atoms with Crippen LogP contribution in [0.15, 0.2) is 64.1 Å². The number of hydrogen-bond donors (Lipinski definition) is 0. The number of nitro groups is 1. The molecule has 0 atom stereocenters. The van der Waals surface area contributed by atoms with Crippen LogP contribution < -0.4 is 10.5 Å². The van der Waals surface area contributed by atoms with E-state index in [2.05, 4.69) is 14.9 Å². The Hall–Kier alpha value is -4.05. The van der Waals surface area contributed by atoms with E-state index in [-0.39, 0.29) is 12.2 Å². The summed E-state index contributed by atoms with van der Waals surface area (Å²) in [5, 5.41) is 11.1. The van der Waals surface area contributed by atoms with Crippen molar-refractivity contribution in [3.05, 3.63) is 81.1 Å². The second-order valence-electron chi connectivity index (χ2n) is 7.81. The van der Waals surface area contributed by atoms with E-state index >= 15 is 0 Å². The molecule has 10 nitrogen and oxygen atoms in total. The standard InChI is InChI=1S/C23H23N5O5/c1-26(2)9-4-10-32-19-13-24-22(25-14-19)17-6-3-5-16(11-17)15-27-20-12-18(28(30)31)7-8-21(20)33-23(27)29/h3,5-8,11-14H,4,9-10,15H2,1-2H3. The number of hydrogen-bond acceptors (Lipinski definition) is 8. The van der Waals surface area contributed by atoms with Crippen LogP contribution in [0.4, 0.5) is 5.69 Å². The Labute approximate surface area is 189 Å². The van der Waals surface area contributed by atoms with Crippen LogP contribution in [0.2, 0.25) is 0 Å². The Morgan fingerprint density at radius 3 is 2.67 bits per heavy atom. The van der Waals surface area contributed by atoms with Gasteiger partial charge in [-0.15, -0.1) is 0 Å². The van der Waals surface area contributed by atoms with Crippen molar-refractivity contribution in [2.45, 2.75) is 13.0 Å². The topological polar surface area (TPSA) is 117 Å². The molecule has 0 radical (unpaired) electrons. The second kappa shape index (κ2) is 9.61. The molecule has 0 saturated heterocycles. The minimum atomic E-state index is -0.581. The number of rotatable bonds is 9. The molecule has 0 amide bonds. The summed E-state index contributed by atoms with van der Waals surface area (Å²) in [6.07, 6.45) is 4.18. The molecule has 0 bridgehead atoms. The molecule has 0 aliphatic rings. The van der Waals surface area contributed by atoms with Crippen LogP contribution in [-0.2, 0) is 6.54 Å². The van der Waals surface area contributed by atoms with Gasteiger partial charge in [-0.05, 0) is 38.2 Å². The maximum absolute atomic E-state index is 12.3. The Morgan fingerprint density at radius 2 is 1.94 bits per heavy atom. The third-order valence-electron chi connectivity index (χ3n) is 5.03. The van der Waals surface area contributed by atoms with E-state index in [4.69, 9.17) is 9.15 Å². The van der Waals surface area contributed by atoms with Gasteiger partial charge in [-0.1, -0.05) is 18.2 Å². The van der Waals surface area contributed by atoms with Gasteiger partial charge in [-0.2, -0.15) is 0 Å². The molecule has 0 saturated carbocycles. The van der Waals surface area contributed by atoms with Crippen LogP contribution >= 0.6 is 0 Å². The molecule has 0 aliphatic heterocycles. The first kappa shape index (κ1) is 22.2. The maximum atomic E-state index is 12.3. The lowest BCUT2D eigenvalue weighted by Gasteiger charge is -2.10. The van der Waals surface area contributed by atoms with E-state index < -0.39 is 10.7 Å². The Balaban J connectivity index is 1.52. The zero-order chi connectivity index (χ0) is 23.4. The summed E-state index contributed by atoms with van der Waals surface area (Å²) in [6, 6.07) is 11.5. The number of oxazole rings is 1. The quantitative estimate of drug-likeness (QED) is 0.217. The van der Waals surface area contributed by atoms with Crippen molar-refractivity contribution in [1.29, 1.82) is 0 Å². The molecule has 170 valence electrons. The molecule has 2 aromatic heterocycles. The first-order valence-electron chi connectivity index (χ1n) is 10.4. The monoisotopic (exact) mass is 449 g/mol. The van der Waals surface area contributed by atoms with Gasteiger partial charge >= 0.3 is 5.76 Å². The van der Waals surface area contributed by atoms with E-state index in [1.807, 2.05) is 38.4 Å². The number of nitro benzene ring substituents is 1. The molecule has 0 fully saturated rings. The Bertz CT molecular complexity index is 1330. The summed E-state index contributed by atoms with van der Waals surface area (Å²) in [5.41, 5.74) is 2.14. The molecule has 0 N–H and O–H groups in total. The highest BCUT2D eigenvalue weighted by Crippen LogP contribution is 2.22. The number of non-ortho nitro benzene ring substituents is 1. The number of benzene rings is 2. The van der Waals surface area contributed by atoms with Crippen LogP contribution in [-0.4, -0.2) is 51.6 Å². The van der Waals surface area contributed by atoms with Gasteiger partial charge in [-0.3, -0.25) is 14.7 Å². The lowest BCUT2D eigenvalue weighted by molar-refractivity contribution is -0.384. The average Bonchev–Trinajstić information content (AvgIpc) is 3.11. The summed E-state index contributed by atoms with van der Waals surface area (Å²) in [4.78, 5) is 33.8. The van der Waals surface area contributed by atoms with E-state index in [9.17, 15) is 14.9 Å². The molecule has 33 heavy (non-hydrogen) atoms. The molecule has 0 unspecified atom stereocenters. The fraction of sp³-hybridized carbons (Fsp3) is 0.261. The fourth-order valence-corrected chi connectivity index (χ4v) is 3.42. The zero-order valence-electron chi connectivity index (χ0n) is 18.3. The molecule has 4 rings (SSSR count). The van der Waals surface area contributed by atoms with E-state index in [1.54, 1.807) is 12.4 Å². The number of fused-ring (bicyclic) bond motifs is 1. The molecule has 0 aliphatic carbocycles. The summed E-state index contributed by atoms with van der Waals surface area (Å²) < 4.78 is 12.3. The van der Waals surface area contributed by atoms with Gasteiger partial charge in [0.25, 0.3) is 5.69 Å². The highest BCUT2D eigenvalue weighted by molar-refractivity contribution is 5.76. The lowest BCUT2D eigenvalue weighted by atomic mass is 10.1. The lowest BCUT2D eigenvalue weighted by Crippen LogP contribution is -2.15. The fourth-order valence-electron chi connectivity index (χ4n) is 3.42. The van der Waals surface area contributed by atoms with Crippen LogP contribution in [0.25, 0.3) is 22.5 Å². The highest BCUT2D eigenvalue weighted by atomic mass is 16.6. The molecule has 2 aromatic carbocycles. The number of aromatic nitrogens is 3. The van der Waals surface area contributed by atoms with Gasteiger partial charge in [0.2, 0.25) is 0 Å². The normalized spacial score (nSPS) is 11.2. The minimum Gasteiger partial charge on any atom is -0.490 e. The van der Waals surface area contributed by atoms with Gasteiger partial charge in [0.05, 0.1) is 36.0 Å². The maximum Gasteiger partial charge on any atom is 0.420 e. The Kier molecular flexibility index (Phi) is 6.45. The molecular weight excluding hydrogens is 426 g/mol. The van der Waals surface area contributed by atoms with Gasteiger partial charge in [0.1, 0.15) is 0 Å². The summed E-state index contributed by atoms with van der Waals surface area (Å²) in [7, 11) is 4.03. The van der Waals surface area contributed by atoms with Gasteiger partial charge < -0.3 is 14.1 Å². The highest BCUT2D eigenvalue weighted by Gasteiger charge is 2.15. The zero-order valence-corrected chi connectivity index (χ0v) is 18.3. The van der Waals surface area contributed by atoms with E-state index in [0.29, 0.717) is 29.3 Å². The molecule has 2 heterocycles. The van der Waals surface area contributed by atoms with Crippen LogP contribution in [0.1, 0.15) is 12.0 Å². The first-order chi connectivity index (χ1) is 15.9. The molecule has 4 aromatic rings. The van der Waals surface area contributed by atoms with Crippen LogP contribution in [0.3, 0.4) is 0 Å². The SMILES string of the molecule is CN(C)CCCOc1cnc(-c2cccc(Cn3c(=O)oc4ccc([N+](=O)[O-])cc43)c2)nc1. The number of nitrogens with zero attached hydrogens (tertiary/aromatic N) is 5. The van der Waals surface area contributed by atoms with Crippen molar-refractivity contribution in [2.75, 3.05) is 27.2 Å². The average molecular weight is 449 g/mol. The third-order valence-corrected chi connectivity index (χ3v) is 5.03. The number of ether oxygens (including phenoxy) is 1. The van der Waals surface area contributed by atoms with Gasteiger partial charge in [0, 0.05) is 24.2 Å². The Morgan fingerprint density at radius 1 is 1.15 bits per heavy atom. The largest absolute Gasteiger partial charge is 0.490 e. The second-order valence-corrected chi connectivity index (χ2v) is 7.81.